The van der Waals surface area contributed by atoms with Gasteiger partial charge in [0.05, 0.1) is 5.56 Å². The molecular formula is C15H21F3N2O. The van der Waals surface area contributed by atoms with Crippen molar-refractivity contribution in [3.8, 4) is 0 Å². The van der Waals surface area contributed by atoms with Crippen LogP contribution in [0.1, 0.15) is 42.6 Å². The van der Waals surface area contributed by atoms with Gasteiger partial charge < -0.3 is 11.1 Å². The molecule has 0 aromatic heterocycles. The van der Waals surface area contributed by atoms with Crippen LogP contribution in [0.5, 0.6) is 0 Å². The van der Waals surface area contributed by atoms with E-state index in [1.165, 1.54) is 12.1 Å². The number of benzene rings is 1. The largest absolute Gasteiger partial charge is 0.416 e. The van der Waals surface area contributed by atoms with Gasteiger partial charge in [-0.05, 0) is 49.1 Å². The summed E-state index contributed by atoms with van der Waals surface area (Å²) in [4.78, 5) is 12.0. The summed E-state index contributed by atoms with van der Waals surface area (Å²) in [7, 11) is 0. The highest BCUT2D eigenvalue weighted by Crippen LogP contribution is 2.29. The summed E-state index contributed by atoms with van der Waals surface area (Å²) in [6, 6.07) is 4.18. The Balaban J connectivity index is 2.72. The molecule has 3 N–H and O–H groups in total. The van der Waals surface area contributed by atoms with Gasteiger partial charge in [-0.25, -0.2) is 0 Å². The number of nitrogens with two attached hydrogens (primary N) is 1. The number of rotatable bonds is 6. The number of carbonyl (C=O) groups is 1. The standard InChI is InChI=1S/C15H21F3N2O/c1-3-14(4-2,9-19)10-20-13(21)11-5-7-12(8-6-11)15(16,17)18/h5-8H,3-4,9-10,19H2,1-2H3,(H,20,21). The Morgan fingerprint density at radius 1 is 1.14 bits per heavy atom. The number of hydrogen-bond acceptors (Lipinski definition) is 2. The fourth-order valence-electron chi connectivity index (χ4n) is 2.04. The molecule has 0 bridgehead atoms. The molecule has 6 heteroatoms. The van der Waals surface area contributed by atoms with Crippen LogP contribution in [0.4, 0.5) is 13.2 Å². The van der Waals surface area contributed by atoms with Crippen LogP contribution in [-0.2, 0) is 6.18 Å². The highest BCUT2D eigenvalue weighted by atomic mass is 19.4. The lowest BCUT2D eigenvalue weighted by Crippen LogP contribution is -2.41. The van der Waals surface area contributed by atoms with Crippen LogP contribution in [0.2, 0.25) is 0 Å². The molecule has 0 aliphatic rings. The lowest BCUT2D eigenvalue weighted by Gasteiger charge is -2.30. The minimum absolute atomic E-state index is 0.165. The van der Waals surface area contributed by atoms with Gasteiger partial charge in [-0.1, -0.05) is 13.8 Å². The van der Waals surface area contributed by atoms with Crippen LogP contribution in [-0.4, -0.2) is 19.0 Å². The average Bonchev–Trinajstić information content (AvgIpc) is 2.48. The molecule has 0 spiro atoms. The van der Waals surface area contributed by atoms with Crippen molar-refractivity contribution in [1.82, 2.24) is 5.32 Å². The molecular weight excluding hydrogens is 281 g/mol. The maximum Gasteiger partial charge on any atom is 0.416 e. The number of alkyl halides is 3. The summed E-state index contributed by atoms with van der Waals surface area (Å²) < 4.78 is 37.3. The maximum atomic E-state index is 12.4. The van der Waals surface area contributed by atoms with E-state index in [1.807, 2.05) is 13.8 Å². The van der Waals surface area contributed by atoms with Crippen molar-refractivity contribution in [3.05, 3.63) is 35.4 Å². The summed E-state index contributed by atoms with van der Waals surface area (Å²) in [5, 5.41) is 2.75. The molecule has 1 aromatic rings. The molecule has 0 heterocycles. The van der Waals surface area contributed by atoms with Crippen LogP contribution in [0.15, 0.2) is 24.3 Å². The van der Waals surface area contributed by atoms with Crippen molar-refractivity contribution >= 4 is 5.91 Å². The minimum atomic E-state index is -4.39. The zero-order valence-corrected chi connectivity index (χ0v) is 12.3. The molecule has 1 rings (SSSR count). The second-order valence-corrected chi connectivity index (χ2v) is 5.17. The van der Waals surface area contributed by atoms with Crippen LogP contribution in [0, 0.1) is 5.41 Å². The molecule has 0 aliphatic heterocycles. The van der Waals surface area contributed by atoms with Gasteiger partial charge in [-0.15, -0.1) is 0 Å². The van der Waals surface area contributed by atoms with E-state index >= 15 is 0 Å². The molecule has 21 heavy (non-hydrogen) atoms. The molecule has 0 saturated carbocycles. The highest BCUT2D eigenvalue weighted by Gasteiger charge is 2.30. The minimum Gasteiger partial charge on any atom is -0.351 e. The number of carbonyl (C=O) groups excluding carboxylic acids is 1. The van der Waals surface area contributed by atoms with Gasteiger partial charge in [0, 0.05) is 12.1 Å². The third kappa shape index (κ3) is 4.46. The van der Waals surface area contributed by atoms with Crippen molar-refractivity contribution in [2.45, 2.75) is 32.9 Å². The van der Waals surface area contributed by atoms with E-state index in [1.54, 1.807) is 0 Å². The number of amides is 1. The zero-order valence-electron chi connectivity index (χ0n) is 12.3. The monoisotopic (exact) mass is 302 g/mol. The first kappa shape index (κ1) is 17.5. The lowest BCUT2D eigenvalue weighted by molar-refractivity contribution is -0.137. The maximum absolute atomic E-state index is 12.4. The number of hydrogen-bond donors (Lipinski definition) is 2. The SMILES string of the molecule is CCC(CC)(CN)CNC(=O)c1ccc(C(F)(F)F)cc1. The molecule has 3 nitrogen and oxygen atoms in total. The molecule has 0 aliphatic carbocycles. The Labute approximate surface area is 122 Å². The topological polar surface area (TPSA) is 55.1 Å². The third-order valence-electron chi connectivity index (χ3n) is 4.03. The van der Waals surface area contributed by atoms with Gasteiger partial charge in [0.1, 0.15) is 0 Å². The molecule has 0 unspecified atom stereocenters. The van der Waals surface area contributed by atoms with Crippen LogP contribution in [0.25, 0.3) is 0 Å². The van der Waals surface area contributed by atoms with Gasteiger partial charge in [-0.3, -0.25) is 4.79 Å². The van der Waals surface area contributed by atoms with Crippen LogP contribution < -0.4 is 11.1 Å². The third-order valence-corrected chi connectivity index (χ3v) is 4.03. The number of nitrogens with one attached hydrogen (secondary N) is 1. The fraction of sp³-hybridized carbons (Fsp3) is 0.533. The Morgan fingerprint density at radius 3 is 2.05 bits per heavy atom. The van der Waals surface area contributed by atoms with Gasteiger partial charge in [-0.2, -0.15) is 13.2 Å². The molecule has 1 amide bonds. The van der Waals surface area contributed by atoms with E-state index < -0.39 is 11.7 Å². The second kappa shape index (κ2) is 6.93. The van der Waals surface area contributed by atoms with E-state index in [0.717, 1.165) is 25.0 Å². The first-order valence-corrected chi connectivity index (χ1v) is 6.93. The van der Waals surface area contributed by atoms with Crippen LogP contribution in [0.3, 0.4) is 0 Å². The average molecular weight is 302 g/mol. The number of halogens is 3. The Kier molecular flexibility index (Phi) is 5.78. The summed E-state index contributed by atoms with van der Waals surface area (Å²) in [5.74, 6) is -0.386. The van der Waals surface area contributed by atoms with E-state index in [2.05, 4.69) is 5.32 Å². The summed E-state index contributed by atoms with van der Waals surface area (Å²) in [6.07, 6.45) is -2.74. The van der Waals surface area contributed by atoms with Crippen molar-refractivity contribution in [3.63, 3.8) is 0 Å². The van der Waals surface area contributed by atoms with Crippen LogP contribution >= 0.6 is 0 Å². The smallest absolute Gasteiger partial charge is 0.351 e. The lowest BCUT2D eigenvalue weighted by atomic mass is 9.82. The van der Waals surface area contributed by atoms with Gasteiger partial charge in [0.25, 0.3) is 5.91 Å². The molecule has 1 aromatic carbocycles. The fourth-order valence-corrected chi connectivity index (χ4v) is 2.04. The van der Waals surface area contributed by atoms with Gasteiger partial charge in [0.2, 0.25) is 0 Å². The quantitative estimate of drug-likeness (QED) is 0.848. The summed E-state index contributed by atoms with van der Waals surface area (Å²) in [6.45, 7) is 4.87. The van der Waals surface area contributed by atoms with Crippen molar-refractivity contribution < 1.29 is 18.0 Å². The predicted octanol–water partition coefficient (Wildman–Crippen LogP) is 3.20. The summed E-state index contributed by atoms with van der Waals surface area (Å²) in [5.41, 5.74) is 5.02. The molecule has 0 atom stereocenters. The Hall–Kier alpha value is -1.56. The Morgan fingerprint density at radius 2 is 1.67 bits per heavy atom. The van der Waals surface area contributed by atoms with E-state index in [9.17, 15) is 18.0 Å². The summed E-state index contributed by atoms with van der Waals surface area (Å²) >= 11 is 0. The highest BCUT2D eigenvalue weighted by molar-refractivity contribution is 5.94. The second-order valence-electron chi connectivity index (χ2n) is 5.17. The molecule has 0 fully saturated rings. The molecule has 118 valence electrons. The van der Waals surface area contributed by atoms with E-state index in [-0.39, 0.29) is 16.9 Å². The predicted molar refractivity (Wildman–Crippen MR) is 75.8 cm³/mol. The molecule has 0 radical (unpaired) electrons. The zero-order chi connectivity index (χ0) is 16.1. The Bertz CT molecular complexity index is 457. The van der Waals surface area contributed by atoms with E-state index in [0.29, 0.717) is 13.1 Å². The van der Waals surface area contributed by atoms with Gasteiger partial charge in [0.15, 0.2) is 0 Å². The van der Waals surface area contributed by atoms with Crippen molar-refractivity contribution in [1.29, 1.82) is 0 Å². The van der Waals surface area contributed by atoms with Gasteiger partial charge >= 0.3 is 6.18 Å². The van der Waals surface area contributed by atoms with E-state index in [4.69, 9.17) is 5.73 Å². The van der Waals surface area contributed by atoms with Crippen molar-refractivity contribution in [2.24, 2.45) is 11.1 Å². The first-order chi connectivity index (χ1) is 9.78. The van der Waals surface area contributed by atoms with Crippen molar-refractivity contribution in [2.75, 3.05) is 13.1 Å². The first-order valence-electron chi connectivity index (χ1n) is 6.93. The molecule has 0 saturated heterocycles. The normalized spacial score (nSPS) is 12.3.